The maximum Gasteiger partial charge on any atom is 0.306 e. The predicted molar refractivity (Wildman–Crippen MR) is 282 cm³/mol. The molecule has 0 aliphatic carbocycles. The average molecular weight is 902 g/mol. The molecule has 6 nitrogen and oxygen atoms in total. The van der Waals surface area contributed by atoms with E-state index in [2.05, 4.69) is 135 Å². The van der Waals surface area contributed by atoms with E-state index in [9.17, 15) is 19.8 Å². The van der Waals surface area contributed by atoms with E-state index in [-0.39, 0.29) is 24.9 Å². The highest BCUT2D eigenvalue weighted by molar-refractivity contribution is 5.77. The Balaban J connectivity index is 4.72. The molecule has 3 atom stereocenters. The van der Waals surface area contributed by atoms with Gasteiger partial charge in [-0.1, -0.05) is 220 Å². The van der Waals surface area contributed by atoms with Crippen molar-refractivity contribution in [2.75, 3.05) is 6.61 Å². The smallest absolute Gasteiger partial charge is 0.306 e. The molecular formula is C59H99NO5. The topological polar surface area (TPSA) is 95.9 Å². The second kappa shape index (κ2) is 51.5. The summed E-state index contributed by atoms with van der Waals surface area (Å²) in [4.78, 5) is 26.2. The van der Waals surface area contributed by atoms with Gasteiger partial charge in [0.2, 0.25) is 5.91 Å². The number of rotatable bonds is 46. The molecule has 6 heteroatoms. The Labute approximate surface area is 400 Å². The van der Waals surface area contributed by atoms with Gasteiger partial charge < -0.3 is 20.3 Å². The Bertz CT molecular complexity index is 1330. The molecule has 3 N–H and O–H groups in total. The van der Waals surface area contributed by atoms with Gasteiger partial charge in [-0.2, -0.15) is 0 Å². The maximum atomic E-state index is 13.2. The van der Waals surface area contributed by atoms with Gasteiger partial charge in [-0.25, -0.2) is 0 Å². The van der Waals surface area contributed by atoms with Crippen molar-refractivity contribution < 1.29 is 24.5 Å². The number of aliphatic hydroxyl groups is 2. The van der Waals surface area contributed by atoms with Crippen molar-refractivity contribution in [2.24, 2.45) is 0 Å². The molecule has 0 aliphatic rings. The average Bonchev–Trinajstić information content (AvgIpc) is 3.30. The summed E-state index contributed by atoms with van der Waals surface area (Å²) >= 11 is 0. The van der Waals surface area contributed by atoms with Crippen LogP contribution < -0.4 is 5.32 Å². The lowest BCUT2D eigenvalue weighted by Gasteiger charge is -2.24. The van der Waals surface area contributed by atoms with Crippen LogP contribution in [0.3, 0.4) is 0 Å². The summed E-state index contributed by atoms with van der Waals surface area (Å²) in [7, 11) is 0. The third kappa shape index (κ3) is 46.8. The van der Waals surface area contributed by atoms with Crippen LogP contribution in [0.4, 0.5) is 0 Å². The molecule has 0 bridgehead atoms. The van der Waals surface area contributed by atoms with Crippen molar-refractivity contribution in [1.82, 2.24) is 5.32 Å². The number of unbranched alkanes of at least 4 members (excludes halogenated alkanes) is 16. The molecule has 0 aromatic carbocycles. The lowest BCUT2D eigenvalue weighted by molar-refractivity contribution is -0.151. The van der Waals surface area contributed by atoms with Crippen LogP contribution in [0.2, 0.25) is 0 Å². The van der Waals surface area contributed by atoms with Crippen molar-refractivity contribution in [2.45, 2.75) is 244 Å². The molecule has 65 heavy (non-hydrogen) atoms. The normalized spacial score (nSPS) is 14.1. The van der Waals surface area contributed by atoms with E-state index in [4.69, 9.17) is 4.74 Å². The highest BCUT2D eigenvalue weighted by Crippen LogP contribution is 2.16. The third-order valence-electron chi connectivity index (χ3n) is 11.3. The van der Waals surface area contributed by atoms with Crippen LogP contribution in [0.15, 0.2) is 109 Å². The second-order valence-electron chi connectivity index (χ2n) is 17.5. The molecule has 0 aliphatic heterocycles. The van der Waals surface area contributed by atoms with Crippen LogP contribution in [0.5, 0.6) is 0 Å². The molecule has 0 saturated heterocycles. The zero-order valence-corrected chi connectivity index (χ0v) is 42.1. The first-order valence-electron chi connectivity index (χ1n) is 26.6. The molecule has 0 aromatic rings. The minimum absolute atomic E-state index is 0.0198. The summed E-state index contributed by atoms with van der Waals surface area (Å²) in [6, 6.07) is -0.733. The highest BCUT2D eigenvalue weighted by atomic mass is 16.5. The lowest BCUT2D eigenvalue weighted by Crippen LogP contribution is -2.46. The minimum Gasteiger partial charge on any atom is -0.462 e. The van der Waals surface area contributed by atoms with Crippen molar-refractivity contribution in [3.63, 3.8) is 0 Å². The number of aliphatic hydroxyl groups excluding tert-OH is 2. The Morgan fingerprint density at radius 1 is 0.462 bits per heavy atom. The minimum atomic E-state index is -0.814. The monoisotopic (exact) mass is 902 g/mol. The number of carbonyl (C=O) groups excluding carboxylic acids is 2. The number of esters is 1. The SMILES string of the molecule is CC/C=C\C/C=C\C/C=C\C/C=C\C/C=C\CCCCCC(=O)OC(CCC/C=C/C/C=C/C/C=C/C/C=C/CC)CC(=O)NC(CO)C(O)CCCCCCCCCCCCCCC. The first kappa shape index (κ1) is 61.5. The predicted octanol–water partition coefficient (Wildman–Crippen LogP) is 16.3. The molecule has 0 heterocycles. The van der Waals surface area contributed by atoms with Crippen molar-refractivity contribution >= 4 is 11.9 Å². The van der Waals surface area contributed by atoms with Crippen LogP contribution in [-0.4, -0.2) is 46.9 Å². The van der Waals surface area contributed by atoms with Crippen molar-refractivity contribution in [3.05, 3.63) is 109 Å². The Morgan fingerprint density at radius 3 is 1.28 bits per heavy atom. The fourth-order valence-electron chi connectivity index (χ4n) is 7.39. The van der Waals surface area contributed by atoms with Gasteiger partial charge >= 0.3 is 5.97 Å². The van der Waals surface area contributed by atoms with Crippen LogP contribution >= 0.6 is 0 Å². The number of amides is 1. The Hall–Kier alpha value is -3.48. The van der Waals surface area contributed by atoms with Crippen LogP contribution in [-0.2, 0) is 14.3 Å². The summed E-state index contributed by atoms with van der Waals surface area (Å²) < 4.78 is 5.90. The van der Waals surface area contributed by atoms with E-state index in [1.807, 2.05) is 0 Å². The van der Waals surface area contributed by atoms with Gasteiger partial charge in [-0.3, -0.25) is 9.59 Å². The van der Waals surface area contributed by atoms with E-state index in [0.717, 1.165) is 116 Å². The van der Waals surface area contributed by atoms with Crippen LogP contribution in [0.25, 0.3) is 0 Å². The zero-order chi connectivity index (χ0) is 47.4. The van der Waals surface area contributed by atoms with Gasteiger partial charge in [0.25, 0.3) is 0 Å². The van der Waals surface area contributed by atoms with E-state index in [0.29, 0.717) is 19.3 Å². The molecule has 0 aromatic heterocycles. The molecular weight excluding hydrogens is 803 g/mol. The number of hydrogen-bond donors (Lipinski definition) is 3. The van der Waals surface area contributed by atoms with Gasteiger partial charge in [0.05, 0.1) is 25.2 Å². The summed E-state index contributed by atoms with van der Waals surface area (Å²) in [6.07, 6.45) is 70.1. The van der Waals surface area contributed by atoms with E-state index in [1.54, 1.807) is 0 Å². The van der Waals surface area contributed by atoms with E-state index in [1.165, 1.54) is 64.2 Å². The first-order chi connectivity index (χ1) is 32.0. The number of allylic oxidation sites excluding steroid dienone is 18. The van der Waals surface area contributed by atoms with Crippen LogP contribution in [0, 0.1) is 0 Å². The maximum absolute atomic E-state index is 13.2. The molecule has 1 amide bonds. The van der Waals surface area contributed by atoms with Gasteiger partial charge in [0.15, 0.2) is 0 Å². The Kier molecular flexibility index (Phi) is 48.7. The van der Waals surface area contributed by atoms with Crippen LogP contribution in [0.1, 0.15) is 226 Å². The Morgan fingerprint density at radius 2 is 0.846 bits per heavy atom. The number of carbonyl (C=O) groups is 2. The molecule has 0 fully saturated rings. The van der Waals surface area contributed by atoms with E-state index < -0.39 is 18.2 Å². The summed E-state index contributed by atoms with van der Waals surface area (Å²) in [6.45, 7) is 6.22. The lowest BCUT2D eigenvalue weighted by atomic mass is 10.0. The van der Waals surface area contributed by atoms with Gasteiger partial charge in [0, 0.05) is 6.42 Å². The molecule has 0 rings (SSSR count). The zero-order valence-electron chi connectivity index (χ0n) is 42.1. The van der Waals surface area contributed by atoms with Crippen molar-refractivity contribution in [3.8, 4) is 0 Å². The molecule has 0 spiro atoms. The quantitative estimate of drug-likeness (QED) is 0.0321. The molecule has 3 unspecified atom stereocenters. The number of ether oxygens (including phenoxy) is 1. The highest BCUT2D eigenvalue weighted by Gasteiger charge is 2.24. The number of hydrogen-bond acceptors (Lipinski definition) is 5. The molecule has 0 radical (unpaired) electrons. The van der Waals surface area contributed by atoms with Crippen molar-refractivity contribution in [1.29, 1.82) is 0 Å². The standard InChI is InChI=1S/C59H99NO5/c1-4-7-10-13-16-19-22-25-27-28-29-30-31-34-37-40-43-46-49-52-59(64)65-55(50-47-44-41-38-35-33-26-23-20-17-14-11-8-5-2)53-58(63)60-56(54-61)57(62)51-48-45-42-39-36-32-24-21-18-15-12-9-6-3/h7-8,10-11,16-17,19-20,25-27,29-30,33-34,37-38,41,55-57,61-62H,4-6,9,12-15,18,21-24,28,31-32,35-36,39-40,42-54H2,1-3H3,(H,60,63)/b10-7-,11-8+,19-16-,20-17+,27-25-,30-29-,33-26+,37-34-,41-38+. The molecule has 370 valence electrons. The summed E-state index contributed by atoms with van der Waals surface area (Å²) in [5.41, 5.74) is 0. The first-order valence-corrected chi connectivity index (χ1v) is 26.6. The fraction of sp³-hybridized carbons (Fsp3) is 0.661. The summed E-state index contributed by atoms with van der Waals surface area (Å²) in [5.74, 6) is -0.575. The third-order valence-corrected chi connectivity index (χ3v) is 11.3. The van der Waals surface area contributed by atoms with Gasteiger partial charge in [-0.15, -0.1) is 0 Å². The van der Waals surface area contributed by atoms with E-state index >= 15 is 0 Å². The fourth-order valence-corrected chi connectivity index (χ4v) is 7.39. The van der Waals surface area contributed by atoms with Gasteiger partial charge in [-0.05, 0) is 103 Å². The second-order valence-corrected chi connectivity index (χ2v) is 17.5. The van der Waals surface area contributed by atoms with Gasteiger partial charge in [0.1, 0.15) is 6.10 Å². The molecule has 0 saturated carbocycles. The number of nitrogens with one attached hydrogen (secondary N) is 1. The largest absolute Gasteiger partial charge is 0.462 e. The summed E-state index contributed by atoms with van der Waals surface area (Å²) in [5, 5.41) is 23.8.